The molecular formula is C16H11FN4O3. The number of hydrogen-bond acceptors (Lipinski definition) is 6. The first kappa shape index (κ1) is 14.3. The van der Waals surface area contributed by atoms with Gasteiger partial charge in [-0.25, -0.2) is 14.4 Å². The molecule has 0 saturated carbocycles. The van der Waals surface area contributed by atoms with Gasteiger partial charge in [0, 0.05) is 18.0 Å². The van der Waals surface area contributed by atoms with Crippen molar-refractivity contribution in [1.29, 1.82) is 0 Å². The van der Waals surface area contributed by atoms with Gasteiger partial charge in [0.1, 0.15) is 11.3 Å². The number of anilines is 2. The van der Waals surface area contributed by atoms with Crippen LogP contribution in [0, 0.1) is 5.82 Å². The number of aromatic nitrogens is 3. The van der Waals surface area contributed by atoms with Crippen LogP contribution in [-0.2, 0) is 6.61 Å². The third kappa shape index (κ3) is 2.20. The quantitative estimate of drug-likeness (QED) is 0.600. The van der Waals surface area contributed by atoms with Gasteiger partial charge in [0.05, 0.1) is 12.2 Å². The fraction of sp³-hybridized carbons (Fsp3) is 0.0625. The topological polar surface area (TPSA) is 92.7 Å². The van der Waals surface area contributed by atoms with Gasteiger partial charge in [0.2, 0.25) is 0 Å². The molecule has 3 heterocycles. The zero-order chi connectivity index (χ0) is 16.7. The first-order valence-corrected chi connectivity index (χ1v) is 7.08. The Bertz CT molecular complexity index is 1120. The van der Waals surface area contributed by atoms with Crippen molar-refractivity contribution in [3.8, 4) is 0 Å². The molecule has 0 fully saturated rings. The van der Waals surface area contributed by atoms with E-state index in [2.05, 4.69) is 15.3 Å². The lowest BCUT2D eigenvalue weighted by molar-refractivity contribution is 0.280. The molecule has 1 aromatic carbocycles. The maximum Gasteiger partial charge on any atom is 0.265 e. The van der Waals surface area contributed by atoms with E-state index >= 15 is 0 Å². The Morgan fingerprint density at radius 3 is 3.04 bits per heavy atom. The smallest absolute Gasteiger partial charge is 0.265 e. The summed E-state index contributed by atoms with van der Waals surface area (Å²) in [4.78, 5) is 20.6. The molecule has 0 aliphatic rings. The van der Waals surface area contributed by atoms with Crippen LogP contribution in [0.3, 0.4) is 0 Å². The van der Waals surface area contributed by atoms with Gasteiger partial charge in [0.25, 0.3) is 5.56 Å². The molecule has 4 rings (SSSR count). The van der Waals surface area contributed by atoms with E-state index < -0.39 is 18.0 Å². The Balaban J connectivity index is 1.88. The van der Waals surface area contributed by atoms with Gasteiger partial charge in [-0.3, -0.25) is 9.20 Å². The number of oxazole rings is 1. The third-order valence-corrected chi connectivity index (χ3v) is 3.65. The van der Waals surface area contributed by atoms with Gasteiger partial charge in [-0.05, 0) is 24.3 Å². The summed E-state index contributed by atoms with van der Waals surface area (Å²) in [6.07, 6.45) is 2.72. The van der Waals surface area contributed by atoms with Gasteiger partial charge in [-0.15, -0.1) is 0 Å². The minimum Gasteiger partial charge on any atom is -0.443 e. The molecule has 0 bridgehead atoms. The van der Waals surface area contributed by atoms with Crippen LogP contribution >= 0.6 is 0 Å². The summed E-state index contributed by atoms with van der Waals surface area (Å²) in [7, 11) is 0. The maximum atomic E-state index is 14.0. The minimum atomic E-state index is -0.632. The van der Waals surface area contributed by atoms with Crippen molar-refractivity contribution in [2.45, 2.75) is 6.61 Å². The molecule has 0 atom stereocenters. The van der Waals surface area contributed by atoms with E-state index in [0.29, 0.717) is 16.8 Å². The summed E-state index contributed by atoms with van der Waals surface area (Å²) in [5, 5.41) is 12.5. The van der Waals surface area contributed by atoms with Crippen LogP contribution in [0.2, 0.25) is 0 Å². The Morgan fingerprint density at radius 2 is 2.21 bits per heavy atom. The number of nitrogens with one attached hydrogen (secondary N) is 1. The summed E-state index contributed by atoms with van der Waals surface area (Å²) in [6, 6.07) is 7.74. The molecule has 2 N–H and O–H groups in total. The number of fused-ring (bicyclic) bond motifs is 2. The van der Waals surface area contributed by atoms with Crippen LogP contribution in [0.4, 0.5) is 15.9 Å². The zero-order valence-electron chi connectivity index (χ0n) is 12.2. The van der Waals surface area contributed by atoms with Gasteiger partial charge < -0.3 is 14.8 Å². The Kier molecular flexibility index (Phi) is 3.24. The number of aliphatic hydroxyl groups excluding tert-OH is 1. The highest BCUT2D eigenvalue weighted by Crippen LogP contribution is 2.22. The summed E-state index contributed by atoms with van der Waals surface area (Å²) in [6.45, 7) is -0.530. The summed E-state index contributed by atoms with van der Waals surface area (Å²) < 4.78 is 20.2. The standard InChI is InChI=1S/C16H11FN4O3/c17-11-2-1-5-21-15(11)20-14(10(7-22)16(21)23)19-9-3-4-12-13(6-9)24-8-18-12/h1-6,8,19,22H,7H2. The highest BCUT2D eigenvalue weighted by atomic mass is 19.1. The second-order valence-corrected chi connectivity index (χ2v) is 5.11. The average molecular weight is 326 g/mol. The van der Waals surface area contributed by atoms with Crippen molar-refractivity contribution < 1.29 is 13.9 Å². The van der Waals surface area contributed by atoms with Crippen LogP contribution < -0.4 is 10.9 Å². The van der Waals surface area contributed by atoms with Crippen LogP contribution in [0.25, 0.3) is 16.7 Å². The van der Waals surface area contributed by atoms with Crippen molar-refractivity contribution >= 4 is 28.3 Å². The molecule has 0 saturated heterocycles. The Hall–Kier alpha value is -3.26. The highest BCUT2D eigenvalue weighted by molar-refractivity contribution is 5.78. The van der Waals surface area contributed by atoms with E-state index in [9.17, 15) is 14.3 Å². The Morgan fingerprint density at radius 1 is 1.33 bits per heavy atom. The summed E-state index contributed by atoms with van der Waals surface area (Å²) >= 11 is 0. The molecule has 0 aliphatic carbocycles. The molecule has 0 spiro atoms. The van der Waals surface area contributed by atoms with Crippen LogP contribution in [0.15, 0.2) is 52.1 Å². The van der Waals surface area contributed by atoms with E-state index in [1.165, 1.54) is 24.7 Å². The molecule has 0 radical (unpaired) electrons. The molecule has 24 heavy (non-hydrogen) atoms. The summed E-state index contributed by atoms with van der Waals surface area (Å²) in [5.41, 5.74) is 1.18. The van der Waals surface area contributed by atoms with E-state index in [4.69, 9.17) is 4.42 Å². The molecule has 0 aliphatic heterocycles. The largest absolute Gasteiger partial charge is 0.443 e. The SMILES string of the molecule is O=c1c(CO)c(Nc2ccc3ncoc3c2)nc2c(F)cccn12. The van der Waals surface area contributed by atoms with Gasteiger partial charge in [-0.2, -0.15) is 0 Å². The normalized spacial score (nSPS) is 11.2. The van der Waals surface area contributed by atoms with Crippen molar-refractivity contribution in [3.63, 3.8) is 0 Å². The molecule has 7 nitrogen and oxygen atoms in total. The van der Waals surface area contributed by atoms with Gasteiger partial charge in [0.15, 0.2) is 23.4 Å². The fourth-order valence-electron chi connectivity index (χ4n) is 2.48. The number of benzene rings is 1. The second kappa shape index (κ2) is 5.43. The monoisotopic (exact) mass is 326 g/mol. The highest BCUT2D eigenvalue weighted by Gasteiger charge is 2.14. The molecule has 8 heteroatoms. The van der Waals surface area contributed by atoms with Crippen LogP contribution in [0.5, 0.6) is 0 Å². The maximum absolute atomic E-state index is 14.0. The Labute approximate surface area is 134 Å². The van der Waals surface area contributed by atoms with E-state index in [-0.39, 0.29) is 17.0 Å². The third-order valence-electron chi connectivity index (χ3n) is 3.65. The second-order valence-electron chi connectivity index (χ2n) is 5.11. The molecule has 120 valence electrons. The average Bonchev–Trinajstić information content (AvgIpc) is 3.04. The van der Waals surface area contributed by atoms with E-state index in [1.807, 2.05) is 0 Å². The van der Waals surface area contributed by atoms with Crippen molar-refractivity contribution in [1.82, 2.24) is 14.4 Å². The fourth-order valence-corrected chi connectivity index (χ4v) is 2.48. The van der Waals surface area contributed by atoms with Crippen molar-refractivity contribution in [2.75, 3.05) is 5.32 Å². The molecule has 4 aromatic rings. The first-order chi connectivity index (χ1) is 11.7. The molecule has 0 amide bonds. The number of hydrogen-bond donors (Lipinski definition) is 2. The number of nitrogens with zero attached hydrogens (tertiary/aromatic N) is 3. The van der Waals surface area contributed by atoms with Crippen molar-refractivity contribution in [3.05, 3.63) is 64.7 Å². The first-order valence-electron chi connectivity index (χ1n) is 7.08. The number of aliphatic hydroxyl groups is 1. The number of pyridine rings is 1. The minimum absolute atomic E-state index is 0.0377. The predicted molar refractivity (Wildman–Crippen MR) is 84.6 cm³/mol. The van der Waals surface area contributed by atoms with E-state index in [0.717, 1.165) is 4.40 Å². The van der Waals surface area contributed by atoms with Gasteiger partial charge in [-0.1, -0.05) is 0 Å². The molecule has 3 aromatic heterocycles. The number of rotatable bonds is 3. The van der Waals surface area contributed by atoms with Crippen LogP contribution in [0.1, 0.15) is 5.56 Å². The predicted octanol–water partition coefficient (Wildman–Crippen LogP) is 2.21. The lowest BCUT2D eigenvalue weighted by Gasteiger charge is -2.11. The summed E-state index contributed by atoms with van der Waals surface area (Å²) in [5.74, 6) is -0.542. The van der Waals surface area contributed by atoms with Crippen LogP contribution in [-0.4, -0.2) is 19.5 Å². The zero-order valence-corrected chi connectivity index (χ0v) is 12.2. The molecular weight excluding hydrogens is 315 g/mol. The lowest BCUT2D eigenvalue weighted by atomic mass is 10.2. The van der Waals surface area contributed by atoms with Crippen molar-refractivity contribution in [2.24, 2.45) is 0 Å². The number of halogens is 1. The molecule has 0 unspecified atom stereocenters. The van der Waals surface area contributed by atoms with Gasteiger partial charge >= 0.3 is 0 Å². The van der Waals surface area contributed by atoms with E-state index in [1.54, 1.807) is 18.2 Å². The lowest BCUT2D eigenvalue weighted by Crippen LogP contribution is -2.22.